The van der Waals surface area contributed by atoms with Crippen molar-refractivity contribution in [3.63, 3.8) is 0 Å². The average Bonchev–Trinajstić information content (AvgIpc) is 2.29. The summed E-state index contributed by atoms with van der Waals surface area (Å²) in [5.74, 6) is 0.918. The van der Waals surface area contributed by atoms with Gasteiger partial charge >= 0.3 is 0 Å². The summed E-state index contributed by atoms with van der Waals surface area (Å²) in [6, 6.07) is 0.192. The lowest BCUT2D eigenvalue weighted by Gasteiger charge is -2.36. The molecule has 2 unspecified atom stereocenters. The summed E-state index contributed by atoms with van der Waals surface area (Å²) >= 11 is 2.23. The van der Waals surface area contributed by atoms with Crippen LogP contribution in [0.1, 0.15) is 25.7 Å². The molecule has 1 saturated carbocycles. The number of nitrogens with zero attached hydrogens (tertiary/aromatic N) is 3. The van der Waals surface area contributed by atoms with Crippen LogP contribution in [0.4, 0.5) is 5.82 Å². The fourth-order valence-corrected chi connectivity index (χ4v) is 2.95. The molecule has 1 N–H and O–H groups in total. The van der Waals surface area contributed by atoms with E-state index in [2.05, 4.69) is 37.5 Å². The van der Waals surface area contributed by atoms with E-state index < -0.39 is 0 Å². The molecule has 1 aromatic rings. The maximum Gasteiger partial charge on any atom is 0.145 e. The molecule has 0 amide bonds. The van der Waals surface area contributed by atoms with Crippen molar-refractivity contribution < 1.29 is 5.11 Å². The Labute approximate surface area is 109 Å². The standard InChI is InChI=1S/C11H16IN3O/c1-15(9-4-2-3-5-10(9)16)11-8(12)6-13-7-14-11/h6-7,9-10,16H,2-5H2,1H3. The van der Waals surface area contributed by atoms with E-state index >= 15 is 0 Å². The third-order valence-electron chi connectivity index (χ3n) is 3.17. The topological polar surface area (TPSA) is 49.2 Å². The summed E-state index contributed by atoms with van der Waals surface area (Å²) in [6.07, 6.45) is 7.39. The van der Waals surface area contributed by atoms with E-state index in [1.54, 1.807) is 12.5 Å². The van der Waals surface area contributed by atoms with Gasteiger partial charge < -0.3 is 10.0 Å². The van der Waals surface area contributed by atoms with E-state index in [4.69, 9.17) is 0 Å². The number of aliphatic hydroxyl groups is 1. The molecular formula is C11H16IN3O. The van der Waals surface area contributed by atoms with Crippen molar-refractivity contribution in [3.05, 3.63) is 16.1 Å². The first-order valence-corrected chi connectivity index (χ1v) is 6.64. The van der Waals surface area contributed by atoms with Crippen LogP contribution in [0.15, 0.2) is 12.5 Å². The summed E-state index contributed by atoms with van der Waals surface area (Å²) in [5, 5.41) is 10.0. The summed E-state index contributed by atoms with van der Waals surface area (Å²) in [6.45, 7) is 0. The minimum Gasteiger partial charge on any atom is -0.391 e. The quantitative estimate of drug-likeness (QED) is 0.839. The highest BCUT2D eigenvalue weighted by atomic mass is 127. The van der Waals surface area contributed by atoms with Gasteiger partial charge in [0.2, 0.25) is 0 Å². The molecule has 0 spiro atoms. The van der Waals surface area contributed by atoms with Crippen molar-refractivity contribution in [1.82, 2.24) is 9.97 Å². The molecule has 5 heteroatoms. The summed E-state index contributed by atoms with van der Waals surface area (Å²) < 4.78 is 1.03. The molecule has 0 radical (unpaired) electrons. The maximum atomic E-state index is 10.0. The first kappa shape index (κ1) is 12.0. The lowest BCUT2D eigenvalue weighted by molar-refractivity contribution is 0.106. The van der Waals surface area contributed by atoms with Gasteiger partial charge in [0.1, 0.15) is 12.1 Å². The van der Waals surface area contributed by atoms with Crippen LogP contribution in [0, 0.1) is 3.57 Å². The predicted molar refractivity (Wildman–Crippen MR) is 71.4 cm³/mol. The molecule has 88 valence electrons. The largest absolute Gasteiger partial charge is 0.391 e. The first-order chi connectivity index (χ1) is 7.70. The van der Waals surface area contributed by atoms with Crippen LogP contribution in [-0.2, 0) is 0 Å². The summed E-state index contributed by atoms with van der Waals surface area (Å²) in [5.41, 5.74) is 0. The average molecular weight is 333 g/mol. The Balaban J connectivity index is 2.17. The Morgan fingerprint density at radius 3 is 2.88 bits per heavy atom. The zero-order valence-corrected chi connectivity index (χ0v) is 11.5. The monoisotopic (exact) mass is 333 g/mol. The van der Waals surface area contributed by atoms with Crippen molar-refractivity contribution in [2.24, 2.45) is 0 Å². The van der Waals surface area contributed by atoms with E-state index in [0.717, 1.165) is 28.7 Å². The number of halogens is 1. The van der Waals surface area contributed by atoms with Crippen molar-refractivity contribution in [2.45, 2.75) is 37.8 Å². The number of hydrogen-bond donors (Lipinski definition) is 1. The Morgan fingerprint density at radius 1 is 1.44 bits per heavy atom. The van der Waals surface area contributed by atoms with Crippen LogP contribution in [0.5, 0.6) is 0 Å². The first-order valence-electron chi connectivity index (χ1n) is 5.56. The molecule has 4 nitrogen and oxygen atoms in total. The number of anilines is 1. The number of rotatable bonds is 2. The van der Waals surface area contributed by atoms with Crippen LogP contribution in [-0.4, -0.2) is 34.3 Å². The Bertz CT molecular complexity index is 361. The molecule has 0 saturated heterocycles. The zero-order valence-electron chi connectivity index (χ0n) is 9.30. The van der Waals surface area contributed by atoms with Crippen LogP contribution < -0.4 is 4.90 Å². The molecule has 1 aliphatic rings. The molecule has 16 heavy (non-hydrogen) atoms. The van der Waals surface area contributed by atoms with Gasteiger partial charge in [-0.25, -0.2) is 9.97 Å². The van der Waals surface area contributed by atoms with Gasteiger partial charge in [0.15, 0.2) is 0 Å². The number of aliphatic hydroxyl groups excluding tert-OH is 1. The molecule has 0 aliphatic heterocycles. The van der Waals surface area contributed by atoms with E-state index in [1.807, 2.05) is 7.05 Å². The third kappa shape index (κ3) is 2.45. The lowest BCUT2D eigenvalue weighted by Crippen LogP contribution is -2.44. The molecule has 1 aliphatic carbocycles. The van der Waals surface area contributed by atoms with Gasteiger partial charge in [0, 0.05) is 13.2 Å². The fourth-order valence-electron chi connectivity index (χ4n) is 2.27. The molecule has 1 aromatic heterocycles. The molecule has 1 heterocycles. The Morgan fingerprint density at radius 2 is 2.19 bits per heavy atom. The van der Waals surface area contributed by atoms with Crippen molar-refractivity contribution >= 4 is 28.4 Å². The van der Waals surface area contributed by atoms with E-state index in [-0.39, 0.29) is 12.1 Å². The molecule has 1 fully saturated rings. The fraction of sp³-hybridized carbons (Fsp3) is 0.636. The van der Waals surface area contributed by atoms with Crippen molar-refractivity contribution in [1.29, 1.82) is 0 Å². The Hall–Kier alpha value is -0.430. The van der Waals surface area contributed by atoms with Gasteiger partial charge in [-0.3, -0.25) is 0 Å². The van der Waals surface area contributed by atoms with Gasteiger partial charge in [-0.15, -0.1) is 0 Å². The zero-order chi connectivity index (χ0) is 11.5. The Kier molecular flexibility index (Phi) is 3.96. The van der Waals surface area contributed by atoms with Crippen LogP contribution in [0.3, 0.4) is 0 Å². The van der Waals surface area contributed by atoms with E-state index in [9.17, 15) is 5.11 Å². The normalized spacial score (nSPS) is 25.4. The second-order valence-corrected chi connectivity index (χ2v) is 5.39. The summed E-state index contributed by atoms with van der Waals surface area (Å²) in [4.78, 5) is 10.4. The van der Waals surface area contributed by atoms with Crippen LogP contribution in [0.2, 0.25) is 0 Å². The molecule has 0 bridgehead atoms. The second-order valence-electron chi connectivity index (χ2n) is 4.22. The predicted octanol–water partition coefficient (Wildman–Crippen LogP) is 1.82. The van der Waals surface area contributed by atoms with Gasteiger partial charge in [-0.1, -0.05) is 12.8 Å². The maximum absolute atomic E-state index is 10.0. The number of likely N-dealkylation sites (N-methyl/N-ethyl adjacent to an activating group) is 1. The van der Waals surface area contributed by atoms with Gasteiger partial charge in [-0.2, -0.15) is 0 Å². The highest BCUT2D eigenvalue weighted by molar-refractivity contribution is 14.1. The molecule has 2 atom stereocenters. The van der Waals surface area contributed by atoms with Gasteiger partial charge in [0.25, 0.3) is 0 Å². The minimum atomic E-state index is -0.232. The van der Waals surface area contributed by atoms with Crippen LogP contribution in [0.25, 0.3) is 0 Å². The minimum absolute atomic E-state index is 0.192. The SMILES string of the molecule is CN(c1ncncc1I)C1CCCCC1O. The highest BCUT2D eigenvalue weighted by Crippen LogP contribution is 2.27. The van der Waals surface area contributed by atoms with Crippen molar-refractivity contribution in [2.75, 3.05) is 11.9 Å². The van der Waals surface area contributed by atoms with E-state index in [1.165, 1.54) is 6.42 Å². The molecule has 2 rings (SSSR count). The lowest BCUT2D eigenvalue weighted by atomic mass is 9.91. The van der Waals surface area contributed by atoms with Crippen molar-refractivity contribution in [3.8, 4) is 0 Å². The van der Waals surface area contributed by atoms with Gasteiger partial charge in [-0.05, 0) is 35.4 Å². The molecular weight excluding hydrogens is 317 g/mol. The smallest absolute Gasteiger partial charge is 0.145 e. The van der Waals surface area contributed by atoms with Crippen LogP contribution >= 0.6 is 22.6 Å². The number of hydrogen-bond acceptors (Lipinski definition) is 4. The van der Waals surface area contributed by atoms with Gasteiger partial charge in [0.05, 0.1) is 15.7 Å². The molecule has 0 aromatic carbocycles. The van der Waals surface area contributed by atoms with E-state index in [0.29, 0.717) is 0 Å². The third-order valence-corrected chi connectivity index (χ3v) is 3.93. The summed E-state index contributed by atoms with van der Waals surface area (Å²) in [7, 11) is 2.00. The highest BCUT2D eigenvalue weighted by Gasteiger charge is 2.28. The number of aromatic nitrogens is 2. The second kappa shape index (κ2) is 5.27.